The Morgan fingerprint density at radius 3 is 2.52 bits per heavy atom. The molecule has 1 saturated heterocycles. The number of imide groups is 1. The molecule has 2 aliphatic rings. The highest BCUT2D eigenvalue weighted by Crippen LogP contribution is 2.39. The van der Waals surface area contributed by atoms with Gasteiger partial charge >= 0.3 is 0 Å². The molecule has 2 aromatic rings. The second kappa shape index (κ2) is 7.32. The fraction of sp³-hybridized carbons (Fsp3) is 0.292. The Bertz CT molecular complexity index is 1050. The van der Waals surface area contributed by atoms with Crippen LogP contribution in [0.3, 0.4) is 0 Å². The molecule has 0 bridgehead atoms. The lowest BCUT2D eigenvalue weighted by atomic mass is 9.82. The van der Waals surface area contributed by atoms with Gasteiger partial charge in [-0.25, -0.2) is 0 Å². The third-order valence-electron chi connectivity index (χ3n) is 6.04. The van der Waals surface area contributed by atoms with Crippen molar-refractivity contribution in [3.8, 4) is 0 Å². The molecule has 1 heterocycles. The fourth-order valence-electron chi connectivity index (χ4n) is 4.16. The molecule has 1 N–H and O–H groups in total. The van der Waals surface area contributed by atoms with Crippen LogP contribution in [0, 0.1) is 25.7 Å². The first-order chi connectivity index (χ1) is 13.9. The van der Waals surface area contributed by atoms with E-state index < -0.39 is 0 Å². The number of fused-ring (bicyclic) bond motifs is 1. The van der Waals surface area contributed by atoms with Crippen LogP contribution in [0.5, 0.6) is 0 Å². The van der Waals surface area contributed by atoms with E-state index in [2.05, 4.69) is 5.32 Å². The molecule has 0 spiro atoms. The summed E-state index contributed by atoms with van der Waals surface area (Å²) in [6.45, 7) is 5.95. The minimum atomic E-state index is -0.293. The van der Waals surface area contributed by atoms with E-state index in [1.165, 1.54) is 4.90 Å². The van der Waals surface area contributed by atoms with Gasteiger partial charge in [-0.3, -0.25) is 19.3 Å². The molecule has 2 unspecified atom stereocenters. The fourth-order valence-corrected chi connectivity index (χ4v) is 4.16. The Labute approximate surface area is 170 Å². The van der Waals surface area contributed by atoms with Crippen LogP contribution < -0.4 is 10.2 Å². The van der Waals surface area contributed by atoms with Gasteiger partial charge in [-0.05, 0) is 69.0 Å². The highest BCUT2D eigenvalue weighted by Gasteiger charge is 2.48. The van der Waals surface area contributed by atoms with Gasteiger partial charge in [0.25, 0.3) is 5.91 Å². The van der Waals surface area contributed by atoms with Gasteiger partial charge in [0, 0.05) is 11.3 Å². The summed E-state index contributed by atoms with van der Waals surface area (Å²) in [7, 11) is 0. The van der Waals surface area contributed by atoms with Gasteiger partial charge in [-0.2, -0.15) is 0 Å². The average molecular weight is 388 g/mol. The van der Waals surface area contributed by atoms with E-state index in [4.69, 9.17) is 0 Å². The Morgan fingerprint density at radius 2 is 1.72 bits per heavy atom. The first kappa shape index (κ1) is 19.1. The van der Waals surface area contributed by atoms with E-state index >= 15 is 0 Å². The summed E-state index contributed by atoms with van der Waals surface area (Å²) < 4.78 is 0. The van der Waals surface area contributed by atoms with E-state index in [9.17, 15) is 14.4 Å². The van der Waals surface area contributed by atoms with E-state index in [0.29, 0.717) is 24.1 Å². The maximum atomic E-state index is 12.9. The Hall–Kier alpha value is -3.21. The topological polar surface area (TPSA) is 66.5 Å². The standard InChI is InChI=1S/C24H24N2O3/c1-14-10-11-19-20(12-14)24(29)26(23(19)28)18-8-5-7-17(13-18)22(27)25-21-9-4-6-15(2)16(21)3/h4-10,13,19-20H,11-12H2,1-3H3,(H,25,27). The number of allylic oxidation sites excluding steroid dienone is 2. The first-order valence-electron chi connectivity index (χ1n) is 9.88. The van der Waals surface area contributed by atoms with Gasteiger partial charge < -0.3 is 5.32 Å². The molecule has 1 aliphatic carbocycles. The summed E-state index contributed by atoms with van der Waals surface area (Å²) >= 11 is 0. The largest absolute Gasteiger partial charge is 0.322 e. The summed E-state index contributed by atoms with van der Waals surface area (Å²) in [5, 5.41) is 2.93. The predicted octanol–water partition coefficient (Wildman–Crippen LogP) is 4.40. The molecule has 148 valence electrons. The van der Waals surface area contributed by atoms with Gasteiger partial charge in [0.15, 0.2) is 0 Å². The molecule has 0 aromatic heterocycles. The van der Waals surface area contributed by atoms with Crippen LogP contribution in [0.4, 0.5) is 11.4 Å². The molecule has 1 fully saturated rings. The zero-order valence-electron chi connectivity index (χ0n) is 16.9. The number of hydrogen-bond acceptors (Lipinski definition) is 3. The summed E-state index contributed by atoms with van der Waals surface area (Å²) in [5.74, 6) is -1.19. The predicted molar refractivity (Wildman–Crippen MR) is 113 cm³/mol. The van der Waals surface area contributed by atoms with E-state index in [1.54, 1.807) is 24.3 Å². The number of nitrogens with zero attached hydrogens (tertiary/aromatic N) is 1. The lowest BCUT2D eigenvalue weighted by Crippen LogP contribution is -2.31. The van der Waals surface area contributed by atoms with Crippen molar-refractivity contribution in [1.29, 1.82) is 0 Å². The SMILES string of the molecule is CC1=CCC2C(=O)N(c3cccc(C(=O)Nc4cccc(C)c4C)c3)C(=O)C2C1. The molecule has 5 nitrogen and oxygen atoms in total. The number of carbonyl (C=O) groups is 3. The van der Waals surface area contributed by atoms with Gasteiger partial charge in [0.05, 0.1) is 17.5 Å². The molecule has 0 saturated carbocycles. The Morgan fingerprint density at radius 1 is 1.00 bits per heavy atom. The third-order valence-corrected chi connectivity index (χ3v) is 6.04. The third kappa shape index (κ3) is 3.37. The van der Waals surface area contributed by atoms with Crippen LogP contribution in [-0.2, 0) is 9.59 Å². The highest BCUT2D eigenvalue weighted by atomic mass is 16.2. The number of anilines is 2. The van der Waals surface area contributed by atoms with Crippen molar-refractivity contribution in [3.05, 3.63) is 70.8 Å². The van der Waals surface area contributed by atoms with Gasteiger partial charge in [-0.1, -0.05) is 29.8 Å². The minimum Gasteiger partial charge on any atom is -0.322 e. The smallest absolute Gasteiger partial charge is 0.255 e. The van der Waals surface area contributed by atoms with Crippen LogP contribution >= 0.6 is 0 Å². The van der Waals surface area contributed by atoms with Crippen molar-refractivity contribution in [2.75, 3.05) is 10.2 Å². The number of amides is 3. The summed E-state index contributed by atoms with van der Waals surface area (Å²) in [4.78, 5) is 39.9. The number of nitrogens with one attached hydrogen (secondary N) is 1. The second-order valence-corrected chi connectivity index (χ2v) is 7.97. The van der Waals surface area contributed by atoms with Crippen LogP contribution in [0.2, 0.25) is 0 Å². The highest BCUT2D eigenvalue weighted by molar-refractivity contribution is 6.22. The summed E-state index contributed by atoms with van der Waals surface area (Å²) in [5.41, 5.74) is 4.87. The van der Waals surface area contributed by atoms with Crippen molar-refractivity contribution < 1.29 is 14.4 Å². The zero-order chi connectivity index (χ0) is 20.7. The van der Waals surface area contributed by atoms with E-state index in [-0.39, 0.29) is 29.6 Å². The quantitative estimate of drug-likeness (QED) is 0.626. The number of rotatable bonds is 3. The van der Waals surface area contributed by atoms with Crippen LogP contribution in [0.15, 0.2) is 54.1 Å². The second-order valence-electron chi connectivity index (χ2n) is 7.97. The normalized spacial score (nSPS) is 21.1. The molecular weight excluding hydrogens is 364 g/mol. The molecule has 3 amide bonds. The van der Waals surface area contributed by atoms with Crippen molar-refractivity contribution in [2.24, 2.45) is 11.8 Å². The van der Waals surface area contributed by atoms with Crippen molar-refractivity contribution in [1.82, 2.24) is 0 Å². The summed E-state index contributed by atoms with van der Waals surface area (Å²) in [6, 6.07) is 12.5. The number of benzene rings is 2. The molecule has 29 heavy (non-hydrogen) atoms. The van der Waals surface area contributed by atoms with Gasteiger partial charge in [-0.15, -0.1) is 0 Å². The molecule has 2 atom stereocenters. The maximum Gasteiger partial charge on any atom is 0.255 e. The molecule has 4 rings (SSSR count). The van der Waals surface area contributed by atoms with E-state index in [1.807, 2.05) is 45.0 Å². The Kier molecular flexibility index (Phi) is 4.82. The Balaban J connectivity index is 1.59. The van der Waals surface area contributed by atoms with E-state index in [0.717, 1.165) is 22.4 Å². The minimum absolute atomic E-state index is 0.167. The monoisotopic (exact) mass is 388 g/mol. The molecular formula is C24H24N2O3. The van der Waals surface area contributed by atoms with Crippen LogP contribution in [0.25, 0.3) is 0 Å². The molecule has 5 heteroatoms. The van der Waals surface area contributed by atoms with Crippen molar-refractivity contribution >= 4 is 29.1 Å². The molecule has 2 aromatic carbocycles. The van der Waals surface area contributed by atoms with Crippen molar-refractivity contribution in [3.63, 3.8) is 0 Å². The van der Waals surface area contributed by atoms with Gasteiger partial charge in [0.1, 0.15) is 0 Å². The van der Waals surface area contributed by atoms with Crippen LogP contribution in [0.1, 0.15) is 41.3 Å². The number of carbonyl (C=O) groups excluding carboxylic acids is 3. The van der Waals surface area contributed by atoms with Crippen LogP contribution in [-0.4, -0.2) is 17.7 Å². The lowest BCUT2D eigenvalue weighted by Gasteiger charge is -2.18. The zero-order valence-corrected chi connectivity index (χ0v) is 16.9. The molecule has 0 radical (unpaired) electrons. The summed E-state index contributed by atoms with van der Waals surface area (Å²) in [6.07, 6.45) is 3.27. The molecule has 1 aliphatic heterocycles. The first-order valence-corrected chi connectivity index (χ1v) is 9.88. The van der Waals surface area contributed by atoms with Crippen molar-refractivity contribution in [2.45, 2.75) is 33.6 Å². The number of aryl methyl sites for hydroxylation is 1. The maximum absolute atomic E-state index is 12.9. The average Bonchev–Trinajstić information content (AvgIpc) is 2.95. The van der Waals surface area contributed by atoms with Gasteiger partial charge in [0.2, 0.25) is 11.8 Å². The lowest BCUT2D eigenvalue weighted by molar-refractivity contribution is -0.122. The number of hydrogen-bond donors (Lipinski definition) is 1.